The standard InChI is InChI=1S/C22H33N3O3/c26-13-12-23-22(28)14-19-9-10-20(25(19)16-18-6-7-18)15-24-21(27)11-8-17-4-2-1-3-5-17/h1-5,18-20,26H,6-16H2,(H,23,28)(H,24,27)/t19-,20+/m1/s1. The summed E-state index contributed by atoms with van der Waals surface area (Å²) >= 11 is 0. The lowest BCUT2D eigenvalue weighted by atomic mass is 10.1. The summed E-state index contributed by atoms with van der Waals surface area (Å²) in [5.74, 6) is 0.851. The lowest BCUT2D eigenvalue weighted by Gasteiger charge is -2.30. The molecule has 1 aliphatic heterocycles. The van der Waals surface area contributed by atoms with Crippen molar-refractivity contribution in [3.05, 3.63) is 35.9 Å². The van der Waals surface area contributed by atoms with Gasteiger partial charge in [-0.15, -0.1) is 0 Å². The maximum absolute atomic E-state index is 12.3. The lowest BCUT2D eigenvalue weighted by molar-refractivity contribution is -0.123. The Bertz CT molecular complexity index is 633. The van der Waals surface area contributed by atoms with Crippen molar-refractivity contribution in [2.45, 2.75) is 57.0 Å². The van der Waals surface area contributed by atoms with Crippen LogP contribution in [0.25, 0.3) is 0 Å². The fourth-order valence-corrected chi connectivity index (χ4v) is 4.05. The molecule has 1 saturated carbocycles. The molecule has 154 valence electrons. The van der Waals surface area contributed by atoms with Gasteiger partial charge in [-0.2, -0.15) is 0 Å². The van der Waals surface area contributed by atoms with Gasteiger partial charge < -0.3 is 15.7 Å². The van der Waals surface area contributed by atoms with Gasteiger partial charge in [0.15, 0.2) is 0 Å². The number of aryl methyl sites for hydroxylation is 1. The number of aliphatic hydroxyl groups is 1. The van der Waals surface area contributed by atoms with Gasteiger partial charge in [0.05, 0.1) is 6.61 Å². The summed E-state index contributed by atoms with van der Waals surface area (Å²) in [5.41, 5.74) is 1.18. The zero-order chi connectivity index (χ0) is 19.8. The topological polar surface area (TPSA) is 81.7 Å². The molecule has 1 saturated heterocycles. The van der Waals surface area contributed by atoms with E-state index in [1.54, 1.807) is 0 Å². The van der Waals surface area contributed by atoms with Crippen molar-refractivity contribution in [3.8, 4) is 0 Å². The summed E-state index contributed by atoms with van der Waals surface area (Å²) in [6.07, 6.45) is 6.30. The van der Waals surface area contributed by atoms with Gasteiger partial charge in [-0.05, 0) is 43.6 Å². The van der Waals surface area contributed by atoms with Crippen molar-refractivity contribution in [2.75, 3.05) is 26.2 Å². The Hall–Kier alpha value is -1.92. The van der Waals surface area contributed by atoms with Gasteiger partial charge in [0.25, 0.3) is 0 Å². The maximum Gasteiger partial charge on any atom is 0.221 e. The fraction of sp³-hybridized carbons (Fsp3) is 0.636. The van der Waals surface area contributed by atoms with Crippen LogP contribution in [0.15, 0.2) is 30.3 Å². The number of hydrogen-bond donors (Lipinski definition) is 3. The van der Waals surface area contributed by atoms with Crippen LogP contribution in [0.2, 0.25) is 0 Å². The van der Waals surface area contributed by atoms with Crippen LogP contribution in [0.5, 0.6) is 0 Å². The molecule has 6 heteroatoms. The monoisotopic (exact) mass is 387 g/mol. The van der Waals surface area contributed by atoms with E-state index in [1.165, 1.54) is 18.4 Å². The van der Waals surface area contributed by atoms with Crippen molar-refractivity contribution in [1.82, 2.24) is 15.5 Å². The number of rotatable bonds is 11. The van der Waals surface area contributed by atoms with Crippen molar-refractivity contribution in [1.29, 1.82) is 0 Å². The second kappa shape index (κ2) is 10.6. The molecule has 2 atom stereocenters. The summed E-state index contributed by atoms with van der Waals surface area (Å²) in [7, 11) is 0. The molecule has 0 spiro atoms. The number of benzene rings is 1. The van der Waals surface area contributed by atoms with Gasteiger partial charge in [-0.1, -0.05) is 30.3 Å². The van der Waals surface area contributed by atoms with Crippen molar-refractivity contribution < 1.29 is 14.7 Å². The molecule has 1 aliphatic carbocycles. The highest BCUT2D eigenvalue weighted by Gasteiger charge is 2.37. The van der Waals surface area contributed by atoms with Crippen LogP contribution >= 0.6 is 0 Å². The smallest absolute Gasteiger partial charge is 0.221 e. The third kappa shape index (κ3) is 6.60. The molecule has 0 aromatic heterocycles. The molecule has 2 fully saturated rings. The van der Waals surface area contributed by atoms with Crippen LogP contribution in [-0.4, -0.2) is 60.1 Å². The highest BCUT2D eigenvalue weighted by molar-refractivity contribution is 5.77. The van der Waals surface area contributed by atoms with Crippen molar-refractivity contribution in [2.24, 2.45) is 5.92 Å². The first-order valence-corrected chi connectivity index (χ1v) is 10.6. The zero-order valence-corrected chi connectivity index (χ0v) is 16.6. The van der Waals surface area contributed by atoms with Crippen molar-refractivity contribution in [3.63, 3.8) is 0 Å². The van der Waals surface area contributed by atoms with Gasteiger partial charge in [0.2, 0.25) is 11.8 Å². The van der Waals surface area contributed by atoms with Crippen LogP contribution in [0.1, 0.15) is 44.1 Å². The number of likely N-dealkylation sites (tertiary alicyclic amines) is 1. The Morgan fingerprint density at radius 2 is 1.75 bits per heavy atom. The Morgan fingerprint density at radius 1 is 1.00 bits per heavy atom. The molecule has 0 radical (unpaired) electrons. The molecule has 0 bridgehead atoms. The molecule has 2 amide bonds. The molecular formula is C22H33N3O3. The van der Waals surface area contributed by atoms with Crippen molar-refractivity contribution >= 4 is 11.8 Å². The van der Waals surface area contributed by atoms with Gasteiger partial charge in [-0.25, -0.2) is 0 Å². The SMILES string of the molecule is O=C(CCc1ccccc1)NC[C@@H]1CC[C@H](CC(=O)NCCO)N1CC1CC1. The molecule has 2 aliphatic rings. The van der Waals surface area contributed by atoms with E-state index in [4.69, 9.17) is 5.11 Å². The van der Waals surface area contributed by atoms with Gasteiger partial charge >= 0.3 is 0 Å². The van der Waals surface area contributed by atoms with Gasteiger partial charge in [0, 0.05) is 44.6 Å². The molecule has 6 nitrogen and oxygen atoms in total. The van der Waals surface area contributed by atoms with E-state index in [2.05, 4.69) is 15.5 Å². The summed E-state index contributed by atoms with van der Waals surface area (Å²) in [4.78, 5) is 26.8. The fourth-order valence-electron chi connectivity index (χ4n) is 4.05. The highest BCUT2D eigenvalue weighted by atomic mass is 16.3. The molecule has 28 heavy (non-hydrogen) atoms. The molecule has 1 aromatic rings. The predicted octanol–water partition coefficient (Wildman–Crippen LogP) is 1.48. The Balaban J connectivity index is 1.45. The van der Waals surface area contributed by atoms with Crippen LogP contribution in [-0.2, 0) is 16.0 Å². The molecule has 1 heterocycles. The van der Waals surface area contributed by atoms with Crippen LogP contribution in [0.4, 0.5) is 0 Å². The van der Waals surface area contributed by atoms with Crippen LogP contribution in [0.3, 0.4) is 0 Å². The quantitative estimate of drug-likeness (QED) is 0.537. The maximum atomic E-state index is 12.3. The minimum Gasteiger partial charge on any atom is -0.395 e. The number of nitrogens with zero attached hydrogens (tertiary/aromatic N) is 1. The molecule has 0 unspecified atom stereocenters. The number of hydrogen-bond acceptors (Lipinski definition) is 4. The Morgan fingerprint density at radius 3 is 2.46 bits per heavy atom. The number of carbonyl (C=O) groups is 2. The Kier molecular flexibility index (Phi) is 7.86. The summed E-state index contributed by atoms with van der Waals surface area (Å²) in [6.45, 7) is 1.98. The summed E-state index contributed by atoms with van der Waals surface area (Å²) < 4.78 is 0. The minimum atomic E-state index is -0.0279. The number of carbonyl (C=O) groups excluding carboxylic acids is 2. The molecule has 3 N–H and O–H groups in total. The lowest BCUT2D eigenvalue weighted by Crippen LogP contribution is -2.45. The van der Waals surface area contributed by atoms with E-state index in [9.17, 15) is 9.59 Å². The predicted molar refractivity (Wildman–Crippen MR) is 109 cm³/mol. The average molecular weight is 388 g/mol. The highest BCUT2D eigenvalue weighted by Crippen LogP contribution is 2.35. The van der Waals surface area contributed by atoms with Gasteiger partial charge in [-0.3, -0.25) is 14.5 Å². The zero-order valence-electron chi connectivity index (χ0n) is 16.6. The van der Waals surface area contributed by atoms with Gasteiger partial charge in [0.1, 0.15) is 0 Å². The third-order valence-electron chi connectivity index (χ3n) is 5.81. The molecule has 1 aromatic carbocycles. The van der Waals surface area contributed by atoms with E-state index < -0.39 is 0 Å². The third-order valence-corrected chi connectivity index (χ3v) is 5.81. The van der Waals surface area contributed by atoms with E-state index in [0.717, 1.165) is 31.7 Å². The number of nitrogens with one attached hydrogen (secondary N) is 2. The average Bonchev–Trinajstić information content (AvgIpc) is 3.46. The first-order valence-electron chi connectivity index (χ1n) is 10.6. The van der Waals surface area contributed by atoms with Crippen LogP contribution in [0, 0.1) is 5.92 Å². The normalized spacial score (nSPS) is 22.2. The first-order chi connectivity index (χ1) is 13.7. The summed E-state index contributed by atoms with van der Waals surface area (Å²) in [5, 5.41) is 14.7. The first kappa shape index (κ1) is 20.8. The minimum absolute atomic E-state index is 0.00685. The van der Waals surface area contributed by atoms with E-state index in [0.29, 0.717) is 32.0 Å². The summed E-state index contributed by atoms with van der Waals surface area (Å²) in [6, 6.07) is 10.6. The molecule has 3 rings (SSSR count). The largest absolute Gasteiger partial charge is 0.395 e. The second-order valence-electron chi connectivity index (χ2n) is 8.09. The number of amides is 2. The molecular weight excluding hydrogens is 354 g/mol. The number of aliphatic hydroxyl groups excluding tert-OH is 1. The van der Waals surface area contributed by atoms with E-state index in [1.807, 2.05) is 30.3 Å². The Labute approximate surface area is 167 Å². The van der Waals surface area contributed by atoms with E-state index in [-0.39, 0.29) is 24.5 Å². The second-order valence-corrected chi connectivity index (χ2v) is 8.09. The van der Waals surface area contributed by atoms with E-state index >= 15 is 0 Å². The van der Waals surface area contributed by atoms with Crippen LogP contribution < -0.4 is 10.6 Å².